The van der Waals surface area contributed by atoms with Crippen LogP contribution in [0.1, 0.15) is 30.9 Å². The highest BCUT2D eigenvalue weighted by atomic mass is 35.5. The Morgan fingerprint density at radius 2 is 1.85 bits per heavy atom. The molecule has 3 rings (SSSR count). The van der Waals surface area contributed by atoms with Crippen molar-refractivity contribution >= 4 is 23.5 Å². The first-order chi connectivity index (χ1) is 12.4. The SMILES string of the molecule is C#Cc1cc(C#CC2(NC(=O)N3CCN(C(C)=O)CC3)CC2)ccc1Cl. The van der Waals surface area contributed by atoms with Gasteiger partial charge in [0.2, 0.25) is 5.91 Å². The fourth-order valence-electron chi connectivity index (χ4n) is 2.82. The third-order valence-corrected chi connectivity index (χ3v) is 5.01. The number of piperazine rings is 1. The van der Waals surface area contributed by atoms with Gasteiger partial charge in [-0.2, -0.15) is 0 Å². The van der Waals surface area contributed by atoms with Gasteiger partial charge in [-0.1, -0.05) is 29.4 Å². The number of halogens is 1. The number of carbonyl (C=O) groups excluding carboxylic acids is 2. The van der Waals surface area contributed by atoms with Crippen LogP contribution in [-0.4, -0.2) is 53.5 Å². The number of carbonyl (C=O) groups is 2. The van der Waals surface area contributed by atoms with Gasteiger partial charge in [0, 0.05) is 44.2 Å². The molecule has 134 valence electrons. The zero-order chi connectivity index (χ0) is 18.7. The molecular weight excluding hydrogens is 350 g/mol. The second kappa shape index (κ2) is 7.32. The molecule has 0 spiro atoms. The molecule has 5 nitrogen and oxygen atoms in total. The molecule has 1 aliphatic heterocycles. The van der Waals surface area contributed by atoms with Gasteiger partial charge in [0.1, 0.15) is 5.54 Å². The lowest BCUT2D eigenvalue weighted by molar-refractivity contribution is -0.130. The Bertz CT molecular complexity index is 835. The number of terminal acetylenes is 1. The second-order valence-electron chi connectivity index (χ2n) is 6.59. The van der Waals surface area contributed by atoms with Crippen LogP contribution >= 0.6 is 11.6 Å². The average Bonchev–Trinajstić information content (AvgIpc) is 3.40. The van der Waals surface area contributed by atoms with Crippen LogP contribution in [0.3, 0.4) is 0 Å². The van der Waals surface area contributed by atoms with Gasteiger partial charge in [-0.05, 0) is 31.0 Å². The lowest BCUT2D eigenvalue weighted by Gasteiger charge is -2.34. The largest absolute Gasteiger partial charge is 0.339 e. The quantitative estimate of drug-likeness (QED) is 0.770. The van der Waals surface area contributed by atoms with Gasteiger partial charge >= 0.3 is 6.03 Å². The highest BCUT2D eigenvalue weighted by molar-refractivity contribution is 6.31. The Hall–Kier alpha value is -2.63. The molecule has 2 aliphatic rings. The molecule has 1 heterocycles. The summed E-state index contributed by atoms with van der Waals surface area (Å²) in [7, 11) is 0. The van der Waals surface area contributed by atoms with E-state index in [-0.39, 0.29) is 11.9 Å². The number of hydrogen-bond donors (Lipinski definition) is 1. The molecule has 26 heavy (non-hydrogen) atoms. The predicted molar refractivity (Wildman–Crippen MR) is 101 cm³/mol. The smallest absolute Gasteiger partial charge is 0.318 e. The van der Waals surface area contributed by atoms with Crippen LogP contribution in [0.2, 0.25) is 5.02 Å². The van der Waals surface area contributed by atoms with Crippen molar-refractivity contribution in [1.29, 1.82) is 0 Å². The number of rotatable bonds is 1. The average molecular weight is 370 g/mol. The van der Waals surface area contributed by atoms with E-state index in [1.165, 1.54) is 0 Å². The Morgan fingerprint density at radius 1 is 1.19 bits per heavy atom. The van der Waals surface area contributed by atoms with Crippen LogP contribution in [0, 0.1) is 24.2 Å². The summed E-state index contributed by atoms with van der Waals surface area (Å²) in [6, 6.07) is 5.19. The summed E-state index contributed by atoms with van der Waals surface area (Å²) >= 11 is 6.01. The van der Waals surface area contributed by atoms with Gasteiger partial charge < -0.3 is 15.1 Å². The van der Waals surface area contributed by atoms with Crippen molar-refractivity contribution in [2.24, 2.45) is 0 Å². The molecule has 0 aromatic heterocycles. The van der Waals surface area contributed by atoms with Gasteiger partial charge in [0.15, 0.2) is 0 Å². The number of nitrogens with zero attached hydrogens (tertiary/aromatic N) is 2. The molecule has 0 radical (unpaired) electrons. The summed E-state index contributed by atoms with van der Waals surface area (Å²) in [5, 5.41) is 3.56. The molecule has 2 fully saturated rings. The maximum absolute atomic E-state index is 12.5. The zero-order valence-corrected chi connectivity index (χ0v) is 15.4. The summed E-state index contributed by atoms with van der Waals surface area (Å²) in [6.45, 7) is 3.77. The van der Waals surface area contributed by atoms with Crippen LogP contribution in [0.4, 0.5) is 4.79 Å². The van der Waals surface area contributed by atoms with E-state index in [1.54, 1.807) is 28.9 Å². The highest BCUT2D eigenvalue weighted by Gasteiger charge is 2.43. The van der Waals surface area contributed by atoms with Crippen molar-refractivity contribution < 1.29 is 9.59 Å². The Labute approximate surface area is 158 Å². The summed E-state index contributed by atoms with van der Waals surface area (Å²) in [6.07, 6.45) is 7.08. The van der Waals surface area contributed by atoms with E-state index in [0.717, 1.165) is 18.4 Å². The van der Waals surface area contributed by atoms with E-state index in [4.69, 9.17) is 18.0 Å². The molecule has 1 saturated heterocycles. The second-order valence-corrected chi connectivity index (χ2v) is 7.00. The van der Waals surface area contributed by atoms with E-state index in [1.807, 2.05) is 6.07 Å². The molecular formula is C20H20ClN3O2. The Kier molecular flexibility index (Phi) is 5.11. The first-order valence-corrected chi connectivity index (χ1v) is 8.92. The van der Waals surface area contributed by atoms with Gasteiger partial charge in [0.25, 0.3) is 0 Å². The topological polar surface area (TPSA) is 52.7 Å². The number of urea groups is 1. The van der Waals surface area contributed by atoms with Gasteiger partial charge in [-0.25, -0.2) is 4.79 Å². The van der Waals surface area contributed by atoms with E-state index >= 15 is 0 Å². The minimum atomic E-state index is -0.468. The summed E-state index contributed by atoms with van der Waals surface area (Å²) in [4.78, 5) is 27.3. The summed E-state index contributed by atoms with van der Waals surface area (Å²) in [5.41, 5.74) is 0.915. The van der Waals surface area contributed by atoms with Crippen molar-refractivity contribution in [2.75, 3.05) is 26.2 Å². The Morgan fingerprint density at radius 3 is 2.42 bits per heavy atom. The molecule has 3 amide bonds. The number of benzene rings is 1. The summed E-state index contributed by atoms with van der Waals surface area (Å²) in [5.74, 6) is 8.83. The molecule has 0 bridgehead atoms. The molecule has 0 unspecified atom stereocenters. The predicted octanol–water partition coefficient (Wildman–Crippen LogP) is 2.08. The third kappa shape index (κ3) is 4.12. The van der Waals surface area contributed by atoms with Crippen LogP contribution in [0.5, 0.6) is 0 Å². The first-order valence-electron chi connectivity index (χ1n) is 8.54. The molecule has 6 heteroatoms. The van der Waals surface area contributed by atoms with Crippen LogP contribution < -0.4 is 5.32 Å². The monoisotopic (exact) mass is 369 g/mol. The van der Waals surface area contributed by atoms with E-state index < -0.39 is 5.54 Å². The number of hydrogen-bond acceptors (Lipinski definition) is 2. The number of nitrogens with one attached hydrogen (secondary N) is 1. The van der Waals surface area contributed by atoms with Gasteiger partial charge in [0.05, 0.1) is 5.02 Å². The highest BCUT2D eigenvalue weighted by Crippen LogP contribution is 2.35. The number of amides is 3. The van der Waals surface area contributed by atoms with Gasteiger partial charge in [-0.15, -0.1) is 6.42 Å². The lowest BCUT2D eigenvalue weighted by Crippen LogP contribution is -2.54. The first kappa shape index (κ1) is 18.2. The van der Waals surface area contributed by atoms with Crippen molar-refractivity contribution in [1.82, 2.24) is 15.1 Å². The van der Waals surface area contributed by atoms with Crippen molar-refractivity contribution in [3.63, 3.8) is 0 Å². The molecule has 1 aromatic rings. The standard InChI is InChI=1S/C20H20ClN3O2/c1-3-17-14-16(4-5-18(17)21)6-7-20(8-9-20)22-19(26)24-12-10-23(11-13-24)15(2)25/h1,4-5,14H,8-13H2,2H3,(H,22,26). The van der Waals surface area contributed by atoms with Crippen LogP contribution in [0.25, 0.3) is 0 Å². The van der Waals surface area contributed by atoms with Crippen molar-refractivity contribution in [3.8, 4) is 24.2 Å². The van der Waals surface area contributed by atoms with Gasteiger partial charge in [-0.3, -0.25) is 4.79 Å². The van der Waals surface area contributed by atoms with Crippen molar-refractivity contribution in [2.45, 2.75) is 25.3 Å². The van der Waals surface area contributed by atoms with E-state index in [9.17, 15) is 9.59 Å². The van der Waals surface area contributed by atoms with Crippen LogP contribution in [-0.2, 0) is 4.79 Å². The normalized spacial score (nSPS) is 17.6. The molecule has 1 N–H and O–H groups in total. The molecule has 0 atom stereocenters. The summed E-state index contributed by atoms with van der Waals surface area (Å²) < 4.78 is 0. The fraction of sp³-hybridized carbons (Fsp3) is 0.400. The van der Waals surface area contributed by atoms with Crippen LogP contribution in [0.15, 0.2) is 18.2 Å². The maximum atomic E-state index is 12.5. The molecule has 1 aliphatic carbocycles. The third-order valence-electron chi connectivity index (χ3n) is 4.68. The minimum absolute atomic E-state index is 0.0453. The Balaban J connectivity index is 1.62. The van der Waals surface area contributed by atoms with E-state index in [2.05, 4.69) is 23.1 Å². The molecule has 1 saturated carbocycles. The minimum Gasteiger partial charge on any atom is -0.339 e. The van der Waals surface area contributed by atoms with Crippen molar-refractivity contribution in [3.05, 3.63) is 34.3 Å². The molecule has 1 aromatic carbocycles. The zero-order valence-electron chi connectivity index (χ0n) is 14.6. The van der Waals surface area contributed by atoms with E-state index in [0.29, 0.717) is 36.8 Å². The lowest BCUT2D eigenvalue weighted by atomic mass is 10.1. The fourth-order valence-corrected chi connectivity index (χ4v) is 2.99. The maximum Gasteiger partial charge on any atom is 0.318 e.